The van der Waals surface area contributed by atoms with Crippen LogP contribution in [-0.2, 0) is 12.8 Å². The number of rotatable bonds is 2. The zero-order valence-corrected chi connectivity index (χ0v) is 12.9. The standard InChI is InChI=1S/C18H17N3S/c22-18(19-12-6-2-1-3-7-12)20-13-10-15-14-8-4-5-9-16(14)21-17(15)11-13/h1-9,13,21H,10-11H2,(H2,19,20,22). The minimum absolute atomic E-state index is 0.356. The number of aromatic amines is 1. The summed E-state index contributed by atoms with van der Waals surface area (Å²) in [7, 11) is 0. The van der Waals surface area contributed by atoms with Crippen molar-refractivity contribution in [2.75, 3.05) is 5.32 Å². The molecule has 1 atom stereocenters. The van der Waals surface area contributed by atoms with E-state index in [0.29, 0.717) is 11.2 Å². The van der Waals surface area contributed by atoms with Gasteiger partial charge >= 0.3 is 0 Å². The zero-order chi connectivity index (χ0) is 14.9. The summed E-state index contributed by atoms with van der Waals surface area (Å²) in [5.41, 5.74) is 5.01. The molecule has 4 rings (SSSR count). The van der Waals surface area contributed by atoms with Gasteiger partial charge in [0.2, 0.25) is 0 Å². The summed E-state index contributed by atoms with van der Waals surface area (Å²) < 4.78 is 0. The number of benzene rings is 2. The van der Waals surface area contributed by atoms with Crippen LogP contribution in [0.2, 0.25) is 0 Å². The molecule has 1 unspecified atom stereocenters. The molecule has 0 bridgehead atoms. The molecule has 3 N–H and O–H groups in total. The lowest BCUT2D eigenvalue weighted by atomic mass is 10.1. The van der Waals surface area contributed by atoms with E-state index < -0.39 is 0 Å². The highest BCUT2D eigenvalue weighted by molar-refractivity contribution is 7.80. The Bertz CT molecular complexity index is 823. The molecule has 0 fully saturated rings. The molecule has 0 saturated carbocycles. The second-order valence-electron chi connectivity index (χ2n) is 5.70. The topological polar surface area (TPSA) is 39.8 Å². The highest BCUT2D eigenvalue weighted by Crippen LogP contribution is 2.29. The molecular formula is C18H17N3S. The summed E-state index contributed by atoms with van der Waals surface area (Å²) in [6.45, 7) is 0. The minimum Gasteiger partial charge on any atom is -0.359 e. The summed E-state index contributed by atoms with van der Waals surface area (Å²) in [4.78, 5) is 3.53. The number of hydrogen-bond donors (Lipinski definition) is 3. The van der Waals surface area contributed by atoms with E-state index in [2.05, 4.69) is 39.9 Å². The lowest BCUT2D eigenvalue weighted by Gasteiger charge is -2.16. The maximum absolute atomic E-state index is 5.42. The first kappa shape index (κ1) is 13.3. The first-order chi connectivity index (χ1) is 10.8. The summed E-state index contributed by atoms with van der Waals surface area (Å²) >= 11 is 5.42. The Balaban J connectivity index is 1.44. The van der Waals surface area contributed by atoms with Crippen LogP contribution in [0.15, 0.2) is 54.6 Å². The van der Waals surface area contributed by atoms with Crippen LogP contribution in [0, 0.1) is 0 Å². The molecule has 3 aromatic rings. The van der Waals surface area contributed by atoms with Gasteiger partial charge in [0, 0.05) is 34.7 Å². The van der Waals surface area contributed by atoms with E-state index in [9.17, 15) is 0 Å². The lowest BCUT2D eigenvalue weighted by Crippen LogP contribution is -2.38. The van der Waals surface area contributed by atoms with Crippen LogP contribution in [0.3, 0.4) is 0 Å². The molecule has 0 saturated heterocycles. The van der Waals surface area contributed by atoms with Gasteiger partial charge in [-0.05, 0) is 42.4 Å². The predicted molar refractivity (Wildman–Crippen MR) is 95.3 cm³/mol. The second kappa shape index (κ2) is 5.46. The third-order valence-electron chi connectivity index (χ3n) is 4.17. The van der Waals surface area contributed by atoms with Crippen molar-refractivity contribution in [2.24, 2.45) is 0 Å². The molecule has 0 radical (unpaired) electrons. The molecular weight excluding hydrogens is 290 g/mol. The number of hydrogen-bond acceptors (Lipinski definition) is 1. The van der Waals surface area contributed by atoms with Gasteiger partial charge in [0.15, 0.2) is 5.11 Å². The Morgan fingerprint density at radius 2 is 1.77 bits per heavy atom. The quantitative estimate of drug-likeness (QED) is 0.633. The second-order valence-corrected chi connectivity index (χ2v) is 6.11. The van der Waals surface area contributed by atoms with Crippen LogP contribution < -0.4 is 10.6 Å². The normalized spacial score (nSPS) is 16.5. The Kier molecular flexibility index (Phi) is 3.31. The van der Waals surface area contributed by atoms with Gasteiger partial charge in [-0.15, -0.1) is 0 Å². The van der Waals surface area contributed by atoms with Crippen LogP contribution in [0.4, 0.5) is 5.69 Å². The van der Waals surface area contributed by atoms with Crippen LogP contribution in [-0.4, -0.2) is 16.1 Å². The van der Waals surface area contributed by atoms with E-state index in [-0.39, 0.29) is 0 Å². The van der Waals surface area contributed by atoms with Crippen molar-refractivity contribution >= 4 is 33.9 Å². The number of thiocarbonyl (C=S) groups is 1. The fourth-order valence-electron chi connectivity index (χ4n) is 3.20. The van der Waals surface area contributed by atoms with Crippen molar-refractivity contribution in [1.82, 2.24) is 10.3 Å². The molecule has 0 aliphatic heterocycles. The Morgan fingerprint density at radius 1 is 1.00 bits per heavy atom. The van der Waals surface area contributed by atoms with Gasteiger partial charge in [0.25, 0.3) is 0 Å². The molecule has 1 aliphatic rings. The third-order valence-corrected chi connectivity index (χ3v) is 4.39. The molecule has 0 spiro atoms. The average Bonchev–Trinajstić information content (AvgIpc) is 3.05. The molecule has 1 aliphatic carbocycles. The maximum atomic E-state index is 5.42. The Labute approximate surface area is 134 Å². The highest BCUT2D eigenvalue weighted by Gasteiger charge is 2.25. The molecule has 4 heteroatoms. The summed E-state index contributed by atoms with van der Waals surface area (Å²) in [5, 5.41) is 8.68. The van der Waals surface area contributed by atoms with Crippen molar-refractivity contribution < 1.29 is 0 Å². The van der Waals surface area contributed by atoms with Crippen LogP contribution in [0.5, 0.6) is 0 Å². The van der Waals surface area contributed by atoms with Crippen molar-refractivity contribution in [1.29, 1.82) is 0 Å². The van der Waals surface area contributed by atoms with Crippen molar-refractivity contribution in [2.45, 2.75) is 18.9 Å². The van der Waals surface area contributed by atoms with E-state index in [0.717, 1.165) is 18.5 Å². The number of para-hydroxylation sites is 2. The van der Waals surface area contributed by atoms with E-state index >= 15 is 0 Å². The molecule has 1 aromatic heterocycles. The molecule has 22 heavy (non-hydrogen) atoms. The number of aromatic nitrogens is 1. The summed E-state index contributed by atoms with van der Waals surface area (Å²) in [5.74, 6) is 0. The van der Waals surface area contributed by atoms with E-state index in [1.54, 1.807) is 0 Å². The van der Waals surface area contributed by atoms with Crippen molar-refractivity contribution in [3.05, 3.63) is 65.9 Å². The SMILES string of the molecule is S=C(Nc1ccccc1)NC1Cc2[nH]c3ccccc3c2C1. The van der Waals surface area contributed by atoms with E-state index in [1.807, 2.05) is 30.3 Å². The lowest BCUT2D eigenvalue weighted by molar-refractivity contribution is 0.644. The average molecular weight is 307 g/mol. The Morgan fingerprint density at radius 3 is 2.64 bits per heavy atom. The number of anilines is 1. The van der Waals surface area contributed by atoms with Gasteiger partial charge in [-0.1, -0.05) is 36.4 Å². The minimum atomic E-state index is 0.356. The highest BCUT2D eigenvalue weighted by atomic mass is 32.1. The smallest absolute Gasteiger partial charge is 0.171 e. The predicted octanol–water partition coefficient (Wildman–Crippen LogP) is 3.62. The van der Waals surface area contributed by atoms with Gasteiger partial charge < -0.3 is 15.6 Å². The van der Waals surface area contributed by atoms with Crippen molar-refractivity contribution in [3.8, 4) is 0 Å². The third kappa shape index (κ3) is 2.46. The fraction of sp³-hybridized carbons (Fsp3) is 0.167. The van der Waals surface area contributed by atoms with Crippen molar-refractivity contribution in [3.63, 3.8) is 0 Å². The van der Waals surface area contributed by atoms with Crippen LogP contribution in [0.1, 0.15) is 11.3 Å². The number of fused-ring (bicyclic) bond motifs is 3. The van der Waals surface area contributed by atoms with Crippen LogP contribution in [0.25, 0.3) is 10.9 Å². The zero-order valence-electron chi connectivity index (χ0n) is 12.1. The van der Waals surface area contributed by atoms with Gasteiger partial charge in [0.05, 0.1) is 0 Å². The molecule has 2 aromatic carbocycles. The maximum Gasteiger partial charge on any atom is 0.171 e. The number of nitrogens with one attached hydrogen (secondary N) is 3. The summed E-state index contributed by atoms with van der Waals surface area (Å²) in [6, 6.07) is 18.9. The Hall–Kier alpha value is -2.33. The van der Waals surface area contributed by atoms with E-state index in [1.165, 1.54) is 22.2 Å². The van der Waals surface area contributed by atoms with Gasteiger partial charge in [-0.3, -0.25) is 0 Å². The first-order valence-electron chi connectivity index (χ1n) is 7.50. The summed E-state index contributed by atoms with van der Waals surface area (Å²) in [6.07, 6.45) is 2.00. The van der Waals surface area contributed by atoms with Gasteiger partial charge in [-0.25, -0.2) is 0 Å². The largest absolute Gasteiger partial charge is 0.359 e. The molecule has 110 valence electrons. The van der Waals surface area contributed by atoms with E-state index in [4.69, 9.17) is 12.2 Å². The van der Waals surface area contributed by atoms with Gasteiger partial charge in [-0.2, -0.15) is 0 Å². The monoisotopic (exact) mass is 307 g/mol. The molecule has 1 heterocycles. The molecule has 0 amide bonds. The first-order valence-corrected chi connectivity index (χ1v) is 7.91. The fourth-order valence-corrected chi connectivity index (χ4v) is 3.49. The van der Waals surface area contributed by atoms with Gasteiger partial charge in [0.1, 0.15) is 0 Å². The number of H-pyrrole nitrogens is 1. The van der Waals surface area contributed by atoms with Crippen LogP contribution >= 0.6 is 12.2 Å². The molecule has 3 nitrogen and oxygen atoms in total.